The van der Waals surface area contributed by atoms with Gasteiger partial charge in [0.15, 0.2) is 5.78 Å². The van der Waals surface area contributed by atoms with E-state index in [1.165, 1.54) is 12.8 Å². The number of hydrogen-bond donors (Lipinski definition) is 1. The second kappa shape index (κ2) is 14.9. The molecule has 1 heterocycles. The Balaban J connectivity index is 1.32. The second-order valence-electron chi connectivity index (χ2n) is 10.3. The Morgan fingerprint density at radius 2 is 1.54 bits per heavy atom. The Hall–Kier alpha value is -3.49. The molecule has 0 spiro atoms. The van der Waals surface area contributed by atoms with Crippen molar-refractivity contribution in [1.82, 2.24) is 4.90 Å². The number of rotatable bonds is 11. The fraction of sp³-hybridized carbons (Fsp3) is 0.364. The third kappa shape index (κ3) is 8.27. The number of ketones is 1. The van der Waals surface area contributed by atoms with Gasteiger partial charge < -0.3 is 15.2 Å². The monoisotopic (exact) mass is 620 g/mol. The Labute approximate surface area is 250 Å². The number of nitrogen functional groups attached to an aromatic ring is 1. The van der Waals surface area contributed by atoms with Crippen LogP contribution in [0.3, 0.4) is 0 Å². The number of nitrogens with two attached hydrogens (primary N) is 1. The van der Waals surface area contributed by atoms with Crippen molar-refractivity contribution in [3.8, 4) is 0 Å². The van der Waals surface area contributed by atoms with Crippen molar-refractivity contribution < 1.29 is 23.9 Å². The van der Waals surface area contributed by atoms with Gasteiger partial charge in [0.05, 0.1) is 17.2 Å². The molecule has 0 saturated carbocycles. The summed E-state index contributed by atoms with van der Waals surface area (Å²) in [6, 6.07) is 19.5. The summed E-state index contributed by atoms with van der Waals surface area (Å²) < 4.78 is 11.5. The topological polar surface area (TPSA) is 98.9 Å². The molecule has 3 aromatic rings. The minimum absolute atomic E-state index is 0.0690. The fourth-order valence-electron chi connectivity index (χ4n) is 5.11. The maximum atomic E-state index is 12.9. The third-order valence-electron chi connectivity index (χ3n) is 7.38. The van der Waals surface area contributed by atoms with E-state index in [9.17, 15) is 14.4 Å². The maximum absolute atomic E-state index is 12.9. The zero-order valence-corrected chi connectivity index (χ0v) is 25.0. The maximum Gasteiger partial charge on any atom is 0.338 e. The zero-order valence-electron chi connectivity index (χ0n) is 23.4. The molecule has 0 radical (unpaired) electrons. The average Bonchev–Trinajstić information content (AvgIpc) is 3.26. The molecule has 1 unspecified atom stereocenters. The van der Waals surface area contributed by atoms with Gasteiger partial charge in [-0.15, -0.1) is 0 Å². The molecule has 4 rings (SSSR count). The van der Waals surface area contributed by atoms with Crippen molar-refractivity contribution in [2.45, 2.75) is 51.5 Å². The number of likely N-dealkylation sites (tertiary alicyclic amines) is 1. The van der Waals surface area contributed by atoms with Gasteiger partial charge in [0, 0.05) is 22.1 Å². The lowest BCUT2D eigenvalue weighted by Gasteiger charge is -2.21. The molecule has 1 saturated heterocycles. The van der Waals surface area contributed by atoms with Crippen LogP contribution in [0.5, 0.6) is 0 Å². The molecular weight excluding hydrogens is 584 g/mol. The predicted molar refractivity (Wildman–Crippen MR) is 163 cm³/mol. The van der Waals surface area contributed by atoms with E-state index in [-0.39, 0.29) is 19.0 Å². The number of benzene rings is 3. The summed E-state index contributed by atoms with van der Waals surface area (Å²) in [7, 11) is 0. The van der Waals surface area contributed by atoms with Crippen molar-refractivity contribution in [2.24, 2.45) is 0 Å². The van der Waals surface area contributed by atoms with E-state index in [1.54, 1.807) is 42.5 Å². The number of esters is 2. The molecule has 1 fully saturated rings. The van der Waals surface area contributed by atoms with Crippen LogP contribution in [0.1, 0.15) is 82.4 Å². The van der Waals surface area contributed by atoms with Crippen LogP contribution in [0.4, 0.5) is 5.69 Å². The SMILES string of the molecule is CCC(C(=O)OCCOC(=O)c1cc(Br)c(N)c(CN2CCCCCC2)c1)c1cccc(C(=O)c2ccccc2)c1. The molecular formula is C33H37BrN2O5. The molecule has 1 atom stereocenters. The summed E-state index contributed by atoms with van der Waals surface area (Å²) >= 11 is 3.48. The van der Waals surface area contributed by atoms with Crippen LogP contribution in [0.15, 0.2) is 71.2 Å². The predicted octanol–water partition coefficient (Wildman–Crippen LogP) is 6.53. The summed E-state index contributed by atoms with van der Waals surface area (Å²) in [4.78, 5) is 41.0. The third-order valence-corrected chi connectivity index (χ3v) is 8.04. The van der Waals surface area contributed by atoms with Gasteiger partial charge in [0.1, 0.15) is 13.2 Å². The molecule has 216 valence electrons. The molecule has 0 bridgehead atoms. The molecule has 0 aliphatic carbocycles. The minimum Gasteiger partial charge on any atom is -0.462 e. The first-order valence-electron chi connectivity index (χ1n) is 14.2. The second-order valence-corrected chi connectivity index (χ2v) is 11.2. The lowest BCUT2D eigenvalue weighted by Crippen LogP contribution is -2.25. The largest absolute Gasteiger partial charge is 0.462 e. The van der Waals surface area contributed by atoms with Crippen LogP contribution in [0.25, 0.3) is 0 Å². The summed E-state index contributed by atoms with van der Waals surface area (Å²) in [5.74, 6) is -1.57. The van der Waals surface area contributed by atoms with Crippen LogP contribution in [-0.2, 0) is 20.8 Å². The number of ether oxygens (including phenoxy) is 2. The first-order valence-corrected chi connectivity index (χ1v) is 15.0. The van der Waals surface area contributed by atoms with E-state index in [2.05, 4.69) is 20.8 Å². The fourth-order valence-corrected chi connectivity index (χ4v) is 5.61. The molecule has 0 aromatic heterocycles. The lowest BCUT2D eigenvalue weighted by atomic mass is 9.93. The molecule has 1 aliphatic rings. The highest BCUT2D eigenvalue weighted by atomic mass is 79.9. The van der Waals surface area contributed by atoms with Crippen LogP contribution in [0.2, 0.25) is 0 Å². The van der Waals surface area contributed by atoms with Crippen LogP contribution in [-0.4, -0.2) is 48.9 Å². The van der Waals surface area contributed by atoms with Crippen molar-refractivity contribution in [1.29, 1.82) is 0 Å². The van der Waals surface area contributed by atoms with Gasteiger partial charge in [-0.3, -0.25) is 14.5 Å². The minimum atomic E-state index is -0.538. The summed E-state index contributed by atoms with van der Waals surface area (Å²) in [5.41, 5.74) is 10.0. The molecule has 0 amide bonds. The van der Waals surface area contributed by atoms with E-state index in [1.807, 2.05) is 31.2 Å². The van der Waals surface area contributed by atoms with E-state index < -0.39 is 17.9 Å². The smallest absolute Gasteiger partial charge is 0.338 e. The van der Waals surface area contributed by atoms with E-state index in [0.717, 1.165) is 31.5 Å². The van der Waals surface area contributed by atoms with Gasteiger partial charge >= 0.3 is 11.9 Å². The van der Waals surface area contributed by atoms with E-state index in [0.29, 0.717) is 45.4 Å². The van der Waals surface area contributed by atoms with Crippen molar-refractivity contribution in [3.63, 3.8) is 0 Å². The number of nitrogens with zero attached hydrogens (tertiary/aromatic N) is 1. The van der Waals surface area contributed by atoms with Gasteiger partial charge in [0.2, 0.25) is 0 Å². The molecule has 1 aliphatic heterocycles. The van der Waals surface area contributed by atoms with E-state index >= 15 is 0 Å². The Bertz CT molecular complexity index is 1350. The molecule has 7 nitrogen and oxygen atoms in total. The Morgan fingerprint density at radius 3 is 2.24 bits per heavy atom. The van der Waals surface area contributed by atoms with Gasteiger partial charge in [0.25, 0.3) is 0 Å². The number of anilines is 1. The molecule has 8 heteroatoms. The van der Waals surface area contributed by atoms with Crippen LogP contribution in [0, 0.1) is 0 Å². The standard InChI is InChI=1S/C33H37BrN2O5/c1-2-28(24-13-10-14-25(19-24)31(37)23-11-6-5-7-12-23)33(39)41-18-17-40-32(38)26-20-27(30(35)29(34)21-26)22-36-15-8-3-4-9-16-36/h5-7,10-14,19-21,28H,2-4,8-9,15-18,22,35H2,1H3. The summed E-state index contributed by atoms with van der Waals surface area (Å²) in [6.07, 6.45) is 5.31. The normalized spacial score (nSPS) is 14.6. The number of halogens is 1. The van der Waals surface area contributed by atoms with E-state index in [4.69, 9.17) is 15.2 Å². The van der Waals surface area contributed by atoms with Crippen molar-refractivity contribution >= 4 is 39.3 Å². The summed E-state index contributed by atoms with van der Waals surface area (Å²) in [5, 5.41) is 0. The molecule has 3 aromatic carbocycles. The van der Waals surface area contributed by atoms with Gasteiger partial charge in [-0.25, -0.2) is 4.79 Å². The highest BCUT2D eigenvalue weighted by Gasteiger charge is 2.22. The van der Waals surface area contributed by atoms with Gasteiger partial charge in [-0.2, -0.15) is 0 Å². The Morgan fingerprint density at radius 1 is 0.854 bits per heavy atom. The summed E-state index contributed by atoms with van der Waals surface area (Å²) in [6.45, 7) is 4.46. The van der Waals surface area contributed by atoms with Crippen molar-refractivity contribution in [3.05, 3.63) is 99.0 Å². The first kappa shape index (κ1) is 30.5. The number of carbonyl (C=O) groups excluding carboxylic acids is 3. The van der Waals surface area contributed by atoms with Gasteiger partial charge in [-0.05, 0) is 77.6 Å². The first-order chi connectivity index (χ1) is 19.9. The molecule has 2 N–H and O–H groups in total. The van der Waals surface area contributed by atoms with Crippen molar-refractivity contribution in [2.75, 3.05) is 32.0 Å². The lowest BCUT2D eigenvalue weighted by molar-refractivity contribution is -0.146. The number of hydrogen-bond acceptors (Lipinski definition) is 7. The van der Waals surface area contributed by atoms with Crippen LogP contribution < -0.4 is 5.73 Å². The number of carbonyl (C=O) groups is 3. The zero-order chi connectivity index (χ0) is 29.2. The highest BCUT2D eigenvalue weighted by molar-refractivity contribution is 9.10. The quantitative estimate of drug-likeness (QED) is 0.113. The average molecular weight is 622 g/mol. The van der Waals surface area contributed by atoms with Crippen LogP contribution >= 0.6 is 15.9 Å². The highest BCUT2D eigenvalue weighted by Crippen LogP contribution is 2.28. The van der Waals surface area contributed by atoms with Gasteiger partial charge in [-0.1, -0.05) is 68.3 Å². The Kier molecular flexibility index (Phi) is 11.1. The molecule has 41 heavy (non-hydrogen) atoms.